The molecule has 1 aromatic carbocycles. The SMILES string of the molecule is CNC(=O)C(CCC=O)N1C(=O)c2cccc(OCCOCCOCCOCCOC/C=C/C=O)c2C1=O. The molecule has 0 radical (unpaired) electrons. The summed E-state index contributed by atoms with van der Waals surface area (Å²) in [5.41, 5.74) is 0.231. The molecule has 1 N–H and O–H groups in total. The molecule has 1 atom stereocenters. The zero-order valence-corrected chi connectivity index (χ0v) is 21.4. The van der Waals surface area contributed by atoms with Gasteiger partial charge < -0.3 is 33.8 Å². The minimum Gasteiger partial charge on any atom is -0.490 e. The van der Waals surface area contributed by atoms with Crippen LogP contribution in [-0.4, -0.2) is 108 Å². The van der Waals surface area contributed by atoms with Gasteiger partial charge in [0.15, 0.2) is 0 Å². The molecule has 1 aromatic rings. The fourth-order valence-electron chi connectivity index (χ4n) is 3.58. The zero-order valence-electron chi connectivity index (χ0n) is 21.4. The molecule has 0 bridgehead atoms. The quantitative estimate of drug-likeness (QED) is 0.103. The molecule has 38 heavy (non-hydrogen) atoms. The molecule has 208 valence electrons. The first-order chi connectivity index (χ1) is 18.6. The van der Waals surface area contributed by atoms with E-state index in [4.69, 9.17) is 23.7 Å². The Bertz CT molecular complexity index is 965. The third-order valence-corrected chi connectivity index (χ3v) is 5.36. The largest absolute Gasteiger partial charge is 0.490 e. The second kappa shape index (κ2) is 17.9. The van der Waals surface area contributed by atoms with Crippen LogP contribution in [0.3, 0.4) is 0 Å². The monoisotopic (exact) mass is 534 g/mol. The number of imide groups is 1. The summed E-state index contributed by atoms with van der Waals surface area (Å²) in [5.74, 6) is -1.56. The first kappa shape index (κ1) is 30.8. The zero-order chi connectivity index (χ0) is 27.6. The lowest BCUT2D eigenvalue weighted by Crippen LogP contribution is -2.48. The highest BCUT2D eigenvalue weighted by Gasteiger charge is 2.44. The molecule has 2 rings (SSSR count). The maximum Gasteiger partial charge on any atom is 0.266 e. The first-order valence-electron chi connectivity index (χ1n) is 12.3. The van der Waals surface area contributed by atoms with Crippen molar-refractivity contribution in [2.24, 2.45) is 0 Å². The van der Waals surface area contributed by atoms with Crippen LogP contribution in [0.4, 0.5) is 0 Å². The van der Waals surface area contributed by atoms with Crippen LogP contribution in [0.5, 0.6) is 5.75 Å². The van der Waals surface area contributed by atoms with Gasteiger partial charge in [-0.3, -0.25) is 24.1 Å². The lowest BCUT2D eigenvalue weighted by molar-refractivity contribution is -0.124. The van der Waals surface area contributed by atoms with Crippen LogP contribution >= 0.6 is 0 Å². The molecule has 0 aliphatic carbocycles. The van der Waals surface area contributed by atoms with E-state index in [1.165, 1.54) is 19.2 Å². The second-order valence-electron chi connectivity index (χ2n) is 7.86. The summed E-state index contributed by atoms with van der Waals surface area (Å²) in [6, 6.07) is 3.58. The Morgan fingerprint density at radius 1 is 0.921 bits per heavy atom. The molecule has 1 aliphatic rings. The molecule has 1 unspecified atom stereocenters. The van der Waals surface area contributed by atoms with Crippen molar-refractivity contribution in [1.82, 2.24) is 10.2 Å². The first-order valence-corrected chi connectivity index (χ1v) is 12.3. The van der Waals surface area contributed by atoms with Gasteiger partial charge in [0.25, 0.3) is 11.8 Å². The van der Waals surface area contributed by atoms with Crippen molar-refractivity contribution in [2.75, 3.05) is 66.5 Å². The number of hydrogen-bond acceptors (Lipinski definition) is 10. The van der Waals surface area contributed by atoms with E-state index in [-0.39, 0.29) is 42.9 Å². The minimum absolute atomic E-state index is 0.0279. The number of nitrogens with zero attached hydrogens (tertiary/aromatic N) is 1. The number of carbonyl (C=O) groups is 5. The maximum absolute atomic E-state index is 13.1. The number of allylic oxidation sites excluding steroid dienone is 1. The molecule has 12 heteroatoms. The number of fused-ring (bicyclic) bond motifs is 1. The van der Waals surface area contributed by atoms with Crippen LogP contribution in [0, 0.1) is 0 Å². The second-order valence-corrected chi connectivity index (χ2v) is 7.86. The number of rotatable bonds is 21. The fourth-order valence-corrected chi connectivity index (χ4v) is 3.58. The normalized spacial score (nSPS) is 13.6. The molecular weight excluding hydrogens is 500 g/mol. The van der Waals surface area contributed by atoms with Gasteiger partial charge in [-0.05, 0) is 24.6 Å². The fraction of sp³-hybridized carbons (Fsp3) is 0.500. The minimum atomic E-state index is -1.09. The number of benzene rings is 1. The lowest BCUT2D eigenvalue weighted by atomic mass is 10.1. The summed E-state index contributed by atoms with van der Waals surface area (Å²) < 4.78 is 27.2. The van der Waals surface area contributed by atoms with Gasteiger partial charge >= 0.3 is 0 Å². The number of hydrogen-bond donors (Lipinski definition) is 1. The van der Waals surface area contributed by atoms with Gasteiger partial charge in [-0.2, -0.15) is 0 Å². The molecule has 0 saturated heterocycles. The highest BCUT2D eigenvalue weighted by Crippen LogP contribution is 2.33. The molecule has 1 heterocycles. The molecule has 1 aliphatic heterocycles. The van der Waals surface area contributed by atoms with E-state index in [2.05, 4.69) is 5.32 Å². The van der Waals surface area contributed by atoms with Crippen LogP contribution in [0.15, 0.2) is 30.4 Å². The van der Waals surface area contributed by atoms with E-state index in [9.17, 15) is 24.0 Å². The molecule has 0 spiro atoms. The average molecular weight is 535 g/mol. The third-order valence-electron chi connectivity index (χ3n) is 5.36. The van der Waals surface area contributed by atoms with Crippen molar-refractivity contribution in [3.05, 3.63) is 41.5 Å². The standard InChI is InChI=1S/C26H34N2O10/c1-27-24(31)21(7-5-10-30)28-25(32)20-6-4-8-22(23(20)26(28)33)38-19-18-37-17-16-36-15-14-35-13-12-34-11-3-2-9-29/h2-4,6,8-10,21H,5,7,11-19H2,1H3,(H,27,31)/b3-2+. The third kappa shape index (κ3) is 9.45. The number of amides is 3. The Kier molecular flexibility index (Phi) is 14.5. The van der Waals surface area contributed by atoms with Gasteiger partial charge in [0.2, 0.25) is 5.91 Å². The summed E-state index contributed by atoms with van der Waals surface area (Å²) in [6.45, 7) is 3.07. The number of ether oxygens (including phenoxy) is 5. The summed E-state index contributed by atoms with van der Waals surface area (Å²) in [7, 11) is 1.40. The van der Waals surface area contributed by atoms with Gasteiger partial charge in [0, 0.05) is 13.5 Å². The molecular formula is C26H34N2O10. The van der Waals surface area contributed by atoms with Crippen molar-refractivity contribution in [2.45, 2.75) is 18.9 Å². The molecule has 0 saturated carbocycles. The molecule has 3 amide bonds. The predicted octanol–water partition coefficient (Wildman–Crippen LogP) is 0.577. The number of nitrogens with one attached hydrogen (secondary N) is 1. The van der Waals surface area contributed by atoms with Gasteiger partial charge in [-0.1, -0.05) is 12.1 Å². The van der Waals surface area contributed by atoms with Crippen molar-refractivity contribution < 1.29 is 47.7 Å². The number of carbonyl (C=O) groups excluding carboxylic acids is 5. The molecule has 0 aromatic heterocycles. The van der Waals surface area contributed by atoms with Gasteiger partial charge in [-0.25, -0.2) is 0 Å². The average Bonchev–Trinajstić information content (AvgIpc) is 3.18. The topological polar surface area (TPSA) is 147 Å². The summed E-state index contributed by atoms with van der Waals surface area (Å²) in [5, 5.41) is 2.44. The van der Waals surface area contributed by atoms with E-state index < -0.39 is 23.8 Å². The number of aldehydes is 2. The summed E-state index contributed by atoms with van der Waals surface area (Å²) in [4.78, 5) is 60.1. The van der Waals surface area contributed by atoms with Crippen molar-refractivity contribution >= 4 is 30.3 Å². The van der Waals surface area contributed by atoms with Crippen molar-refractivity contribution in [3.63, 3.8) is 0 Å². The number of likely N-dealkylation sites (N-methyl/N-ethyl adjacent to an activating group) is 1. The Morgan fingerprint density at radius 2 is 1.55 bits per heavy atom. The van der Waals surface area contributed by atoms with Crippen LogP contribution in [-0.2, 0) is 33.3 Å². The predicted molar refractivity (Wildman–Crippen MR) is 134 cm³/mol. The van der Waals surface area contributed by atoms with E-state index in [1.54, 1.807) is 18.2 Å². The Morgan fingerprint density at radius 3 is 2.16 bits per heavy atom. The highest BCUT2D eigenvalue weighted by atomic mass is 16.6. The lowest BCUT2D eigenvalue weighted by Gasteiger charge is -2.24. The smallest absolute Gasteiger partial charge is 0.266 e. The molecule has 0 fully saturated rings. The van der Waals surface area contributed by atoms with E-state index >= 15 is 0 Å². The molecule has 12 nitrogen and oxygen atoms in total. The highest BCUT2D eigenvalue weighted by molar-refractivity contribution is 6.24. The van der Waals surface area contributed by atoms with Gasteiger partial charge in [-0.15, -0.1) is 0 Å². The Balaban J connectivity index is 1.68. The van der Waals surface area contributed by atoms with Gasteiger partial charge in [0.05, 0.1) is 64.0 Å². The Hall–Kier alpha value is -3.45. The van der Waals surface area contributed by atoms with Gasteiger partial charge in [0.1, 0.15) is 31.0 Å². The summed E-state index contributed by atoms with van der Waals surface area (Å²) >= 11 is 0. The Labute approximate surface area is 221 Å². The van der Waals surface area contributed by atoms with Crippen molar-refractivity contribution in [3.8, 4) is 5.75 Å². The van der Waals surface area contributed by atoms with E-state index in [0.29, 0.717) is 58.8 Å². The van der Waals surface area contributed by atoms with Crippen LogP contribution in [0.1, 0.15) is 33.6 Å². The van der Waals surface area contributed by atoms with Crippen LogP contribution < -0.4 is 10.1 Å². The van der Waals surface area contributed by atoms with Crippen molar-refractivity contribution in [1.29, 1.82) is 0 Å². The maximum atomic E-state index is 13.1. The summed E-state index contributed by atoms with van der Waals surface area (Å²) in [6.07, 6.45) is 4.37. The van der Waals surface area contributed by atoms with Crippen LogP contribution in [0.2, 0.25) is 0 Å². The van der Waals surface area contributed by atoms with E-state index in [1.807, 2.05) is 0 Å². The van der Waals surface area contributed by atoms with E-state index in [0.717, 1.165) is 4.90 Å². The van der Waals surface area contributed by atoms with Crippen LogP contribution in [0.25, 0.3) is 0 Å².